The zero-order valence-corrected chi connectivity index (χ0v) is 29.2. The summed E-state index contributed by atoms with van der Waals surface area (Å²) in [6, 6.07) is 17.9. The maximum atomic E-state index is 14.8. The van der Waals surface area contributed by atoms with Crippen LogP contribution in [0, 0.1) is 13.8 Å². The molecule has 2 N–H and O–H groups in total. The predicted octanol–water partition coefficient (Wildman–Crippen LogP) is 6.75. The minimum Gasteiger partial charge on any atom is -0.497 e. The molecule has 0 bridgehead atoms. The van der Waals surface area contributed by atoms with Crippen LogP contribution in [0.2, 0.25) is 0 Å². The van der Waals surface area contributed by atoms with Crippen LogP contribution in [0.5, 0.6) is 5.75 Å². The fourth-order valence-electron chi connectivity index (χ4n) is 6.45. The summed E-state index contributed by atoms with van der Waals surface area (Å²) in [6.07, 6.45) is 1.09. The third-order valence-electron chi connectivity index (χ3n) is 9.24. The summed E-state index contributed by atoms with van der Waals surface area (Å²) in [6.45, 7) is 5.49. The topological polar surface area (TPSA) is 107 Å². The summed E-state index contributed by atoms with van der Waals surface area (Å²) in [7, 11) is -4.51. The highest BCUT2D eigenvalue weighted by Crippen LogP contribution is 2.40. The zero-order chi connectivity index (χ0) is 35.4. The molecular formula is C36H34F3N5O4S2. The first-order valence-electron chi connectivity index (χ1n) is 16.0. The van der Waals surface area contributed by atoms with Gasteiger partial charge in [0.15, 0.2) is 5.82 Å². The van der Waals surface area contributed by atoms with E-state index in [4.69, 9.17) is 4.74 Å². The minimum atomic E-state index is -6.05. The Morgan fingerprint density at radius 2 is 1.64 bits per heavy atom. The fourth-order valence-corrected chi connectivity index (χ4v) is 8.34. The smallest absolute Gasteiger partial charge is 0.497 e. The van der Waals surface area contributed by atoms with Crippen molar-refractivity contribution < 1.29 is 26.3 Å². The van der Waals surface area contributed by atoms with Gasteiger partial charge in [0.2, 0.25) is 0 Å². The third kappa shape index (κ3) is 5.94. The van der Waals surface area contributed by atoms with Crippen LogP contribution in [0.25, 0.3) is 32.6 Å². The van der Waals surface area contributed by atoms with Gasteiger partial charge in [0.1, 0.15) is 11.3 Å². The molecule has 0 saturated carbocycles. The van der Waals surface area contributed by atoms with Gasteiger partial charge in [0.25, 0.3) is 5.56 Å². The van der Waals surface area contributed by atoms with Crippen LogP contribution in [0.4, 0.5) is 18.9 Å². The van der Waals surface area contributed by atoms with E-state index in [2.05, 4.69) is 15.6 Å². The molecular weight excluding hydrogens is 688 g/mol. The second kappa shape index (κ2) is 12.9. The number of anilines is 1. The Balaban J connectivity index is 1.53. The first kappa shape index (κ1) is 33.8. The molecule has 7 rings (SSSR count). The Bertz CT molecular complexity index is 2430. The molecule has 50 heavy (non-hydrogen) atoms. The molecule has 0 spiro atoms. The summed E-state index contributed by atoms with van der Waals surface area (Å²) in [4.78, 5) is 19.4. The van der Waals surface area contributed by atoms with E-state index in [0.29, 0.717) is 41.9 Å². The summed E-state index contributed by atoms with van der Waals surface area (Å²) < 4.78 is 78.2. The van der Waals surface area contributed by atoms with E-state index in [0.717, 1.165) is 33.4 Å². The normalized spacial score (nSPS) is 13.8. The standard InChI is InChI=1S/C36H34F3N5O4S2/c1-21-4-5-24(16-22(21)2)19-41-32-31(35(45)43(29-12-15-49-33(29)32)20-23-6-8-27(48-3)9-7-23)34-42-28-17-25-10-13-40-14-11-26(25)18-30(28)44(34)50(46,47)36(37,38)39/h4-9,12,15-18,40-41H,10-11,13-14,19-20H2,1-3H3. The number of alkyl halides is 3. The number of benzene rings is 3. The van der Waals surface area contributed by atoms with Crippen LogP contribution in [-0.2, 0) is 36.0 Å². The van der Waals surface area contributed by atoms with Crippen molar-refractivity contribution in [1.29, 1.82) is 0 Å². The second-order valence-electron chi connectivity index (χ2n) is 12.4. The molecule has 0 saturated heterocycles. The van der Waals surface area contributed by atoms with Crippen molar-refractivity contribution in [3.8, 4) is 17.1 Å². The maximum absolute atomic E-state index is 14.8. The van der Waals surface area contributed by atoms with Gasteiger partial charge in [0.05, 0.1) is 40.6 Å². The van der Waals surface area contributed by atoms with Gasteiger partial charge in [-0.2, -0.15) is 21.6 Å². The van der Waals surface area contributed by atoms with Gasteiger partial charge in [-0.1, -0.05) is 30.3 Å². The number of methoxy groups -OCH3 is 1. The van der Waals surface area contributed by atoms with Crippen LogP contribution in [-0.4, -0.2) is 47.6 Å². The molecule has 6 aromatic rings. The van der Waals surface area contributed by atoms with E-state index in [9.17, 15) is 26.4 Å². The zero-order valence-electron chi connectivity index (χ0n) is 27.5. The Kier molecular flexibility index (Phi) is 8.73. The van der Waals surface area contributed by atoms with Crippen molar-refractivity contribution in [3.63, 3.8) is 0 Å². The number of aromatic nitrogens is 3. The summed E-state index contributed by atoms with van der Waals surface area (Å²) >= 11 is 1.29. The summed E-state index contributed by atoms with van der Waals surface area (Å²) in [5.41, 5.74) is -0.703. The molecule has 0 amide bonds. The number of fused-ring (bicyclic) bond motifs is 3. The van der Waals surface area contributed by atoms with Gasteiger partial charge in [-0.15, -0.1) is 11.3 Å². The van der Waals surface area contributed by atoms with Gasteiger partial charge in [-0.05, 0) is 109 Å². The van der Waals surface area contributed by atoms with E-state index in [1.807, 2.05) is 32.0 Å². The van der Waals surface area contributed by atoms with Crippen molar-refractivity contribution in [1.82, 2.24) is 18.8 Å². The number of halogens is 3. The van der Waals surface area contributed by atoms with Gasteiger partial charge in [-0.25, -0.2) is 8.96 Å². The number of hydrogen-bond donors (Lipinski definition) is 2. The lowest BCUT2D eigenvalue weighted by atomic mass is 10.0. The molecule has 0 aliphatic carbocycles. The van der Waals surface area contributed by atoms with Crippen LogP contribution in [0.3, 0.4) is 0 Å². The number of imidazole rings is 1. The number of aryl methyl sites for hydroxylation is 2. The molecule has 3 aromatic heterocycles. The van der Waals surface area contributed by atoms with Gasteiger partial charge < -0.3 is 19.9 Å². The Morgan fingerprint density at radius 1 is 0.940 bits per heavy atom. The SMILES string of the molecule is COc1ccc(Cn2c(=O)c(-c3nc4cc5c(cc4n3S(=O)(=O)C(F)(F)F)CCNCC5)c(NCc3ccc(C)c(C)c3)c3sccc32)cc1. The fraction of sp³-hybridized carbons (Fsp3) is 0.278. The Hall–Kier alpha value is -4.66. The van der Waals surface area contributed by atoms with E-state index in [-0.39, 0.29) is 39.3 Å². The van der Waals surface area contributed by atoms with Crippen LogP contribution in [0.15, 0.2) is 70.8 Å². The number of nitrogens with one attached hydrogen (secondary N) is 2. The second-order valence-corrected chi connectivity index (χ2v) is 15.1. The van der Waals surface area contributed by atoms with E-state index in [1.165, 1.54) is 22.0 Å². The van der Waals surface area contributed by atoms with Crippen LogP contribution in [0.1, 0.15) is 33.4 Å². The number of nitrogens with zero attached hydrogens (tertiary/aromatic N) is 3. The summed E-state index contributed by atoms with van der Waals surface area (Å²) in [5, 5.41) is 8.37. The highest BCUT2D eigenvalue weighted by molar-refractivity contribution is 7.91. The third-order valence-corrected chi connectivity index (χ3v) is 11.6. The predicted molar refractivity (Wildman–Crippen MR) is 191 cm³/mol. The van der Waals surface area contributed by atoms with Crippen LogP contribution < -0.4 is 20.9 Å². The molecule has 3 aromatic carbocycles. The highest BCUT2D eigenvalue weighted by Gasteiger charge is 2.50. The first-order chi connectivity index (χ1) is 23.9. The molecule has 9 nitrogen and oxygen atoms in total. The quantitative estimate of drug-likeness (QED) is 0.179. The molecule has 0 unspecified atom stereocenters. The van der Waals surface area contributed by atoms with Crippen molar-refractivity contribution in [2.24, 2.45) is 0 Å². The van der Waals surface area contributed by atoms with E-state index in [1.54, 1.807) is 48.9 Å². The Morgan fingerprint density at radius 3 is 2.32 bits per heavy atom. The molecule has 4 heterocycles. The number of pyridine rings is 1. The Labute approximate surface area is 290 Å². The van der Waals surface area contributed by atoms with E-state index < -0.39 is 26.9 Å². The minimum absolute atomic E-state index is 0.0564. The molecule has 0 fully saturated rings. The largest absolute Gasteiger partial charge is 0.517 e. The highest BCUT2D eigenvalue weighted by atomic mass is 32.2. The van der Waals surface area contributed by atoms with E-state index >= 15 is 0 Å². The molecule has 0 atom stereocenters. The monoisotopic (exact) mass is 721 g/mol. The van der Waals surface area contributed by atoms with Gasteiger partial charge in [-0.3, -0.25) is 4.79 Å². The first-order valence-corrected chi connectivity index (χ1v) is 18.3. The molecule has 0 radical (unpaired) electrons. The van der Waals surface area contributed by atoms with Gasteiger partial charge >= 0.3 is 15.5 Å². The molecule has 260 valence electrons. The average Bonchev–Trinajstić information content (AvgIpc) is 3.64. The number of hydrogen-bond acceptors (Lipinski definition) is 8. The summed E-state index contributed by atoms with van der Waals surface area (Å²) in [5.74, 6) is 0.0237. The molecule has 1 aliphatic rings. The number of thiophene rings is 1. The van der Waals surface area contributed by atoms with Crippen molar-refractivity contribution in [3.05, 3.63) is 110 Å². The molecule has 1 aliphatic heterocycles. The lowest BCUT2D eigenvalue weighted by molar-refractivity contribution is -0.0444. The van der Waals surface area contributed by atoms with Gasteiger partial charge in [0, 0.05) is 6.54 Å². The molecule has 14 heteroatoms. The van der Waals surface area contributed by atoms with Crippen molar-refractivity contribution in [2.45, 2.75) is 45.3 Å². The van der Waals surface area contributed by atoms with Crippen molar-refractivity contribution >= 4 is 48.3 Å². The maximum Gasteiger partial charge on any atom is 0.517 e. The average molecular weight is 722 g/mol. The lowest BCUT2D eigenvalue weighted by Gasteiger charge is -2.19. The number of ether oxygens (including phenoxy) is 1. The van der Waals surface area contributed by atoms with Crippen molar-refractivity contribution in [2.75, 3.05) is 25.5 Å². The lowest BCUT2D eigenvalue weighted by Crippen LogP contribution is -2.32. The number of rotatable bonds is 8. The van der Waals surface area contributed by atoms with Crippen LogP contribution >= 0.6 is 11.3 Å².